The Labute approximate surface area is 136 Å². The van der Waals surface area contributed by atoms with Gasteiger partial charge in [0, 0.05) is 22.7 Å². The average molecular weight is 372 g/mol. The van der Waals surface area contributed by atoms with Gasteiger partial charge in [0.05, 0.1) is 24.9 Å². The molecule has 1 saturated heterocycles. The zero-order valence-corrected chi connectivity index (χ0v) is 13.8. The third kappa shape index (κ3) is 4.79. The third-order valence-electron chi connectivity index (χ3n) is 3.25. The van der Waals surface area contributed by atoms with Gasteiger partial charge in [-0.3, -0.25) is 4.79 Å². The van der Waals surface area contributed by atoms with E-state index in [4.69, 9.17) is 14.6 Å². The van der Waals surface area contributed by atoms with Gasteiger partial charge in [-0.2, -0.15) is 0 Å². The summed E-state index contributed by atoms with van der Waals surface area (Å²) < 4.78 is 11.4. The SMILES string of the molecule is CC(COC1CCOC1)NC(=O)c1cc(Br)cc(C(=O)O)c1. The second-order valence-electron chi connectivity index (χ2n) is 5.23. The molecule has 1 amide bonds. The van der Waals surface area contributed by atoms with Crippen molar-refractivity contribution in [3.63, 3.8) is 0 Å². The molecule has 0 spiro atoms. The number of carbonyl (C=O) groups is 2. The van der Waals surface area contributed by atoms with Gasteiger partial charge in [-0.15, -0.1) is 0 Å². The molecule has 1 aliphatic heterocycles. The van der Waals surface area contributed by atoms with Crippen LogP contribution in [0.25, 0.3) is 0 Å². The molecule has 1 heterocycles. The lowest BCUT2D eigenvalue weighted by Gasteiger charge is -2.17. The molecule has 1 aromatic carbocycles. The van der Waals surface area contributed by atoms with E-state index in [0.717, 1.165) is 6.42 Å². The van der Waals surface area contributed by atoms with Gasteiger partial charge in [0.1, 0.15) is 0 Å². The molecular weight excluding hydrogens is 354 g/mol. The van der Waals surface area contributed by atoms with Crippen LogP contribution in [-0.4, -0.2) is 48.9 Å². The van der Waals surface area contributed by atoms with Crippen LogP contribution in [0.3, 0.4) is 0 Å². The van der Waals surface area contributed by atoms with Gasteiger partial charge in [0.25, 0.3) is 5.91 Å². The second-order valence-corrected chi connectivity index (χ2v) is 6.14. The summed E-state index contributed by atoms with van der Waals surface area (Å²) >= 11 is 3.21. The number of carbonyl (C=O) groups excluding carboxylic acids is 1. The molecule has 6 nitrogen and oxygen atoms in total. The van der Waals surface area contributed by atoms with Crippen molar-refractivity contribution >= 4 is 27.8 Å². The Kier molecular flexibility index (Phi) is 5.93. The van der Waals surface area contributed by atoms with Gasteiger partial charge >= 0.3 is 5.97 Å². The number of hydrogen-bond acceptors (Lipinski definition) is 4. The van der Waals surface area contributed by atoms with Crippen molar-refractivity contribution in [3.05, 3.63) is 33.8 Å². The Balaban J connectivity index is 1.91. The van der Waals surface area contributed by atoms with E-state index in [1.165, 1.54) is 12.1 Å². The minimum Gasteiger partial charge on any atom is -0.478 e. The van der Waals surface area contributed by atoms with Crippen molar-refractivity contribution in [2.75, 3.05) is 19.8 Å². The summed E-state index contributed by atoms with van der Waals surface area (Å²) in [5, 5.41) is 11.8. The summed E-state index contributed by atoms with van der Waals surface area (Å²) in [4.78, 5) is 23.2. The van der Waals surface area contributed by atoms with Crippen molar-refractivity contribution in [1.29, 1.82) is 0 Å². The monoisotopic (exact) mass is 371 g/mol. The number of benzene rings is 1. The topological polar surface area (TPSA) is 84.9 Å². The van der Waals surface area contributed by atoms with Crippen LogP contribution in [0.4, 0.5) is 0 Å². The molecule has 2 rings (SSSR count). The fraction of sp³-hybridized carbons (Fsp3) is 0.467. The van der Waals surface area contributed by atoms with Crippen LogP contribution in [0.5, 0.6) is 0 Å². The lowest BCUT2D eigenvalue weighted by atomic mass is 10.1. The van der Waals surface area contributed by atoms with Crippen molar-refractivity contribution in [2.24, 2.45) is 0 Å². The maximum Gasteiger partial charge on any atom is 0.335 e. The Morgan fingerprint density at radius 3 is 2.82 bits per heavy atom. The minimum atomic E-state index is -1.08. The van der Waals surface area contributed by atoms with Gasteiger partial charge in [-0.1, -0.05) is 15.9 Å². The van der Waals surface area contributed by atoms with E-state index in [2.05, 4.69) is 21.2 Å². The molecule has 0 radical (unpaired) electrons. The van der Waals surface area contributed by atoms with Crippen LogP contribution in [0.1, 0.15) is 34.1 Å². The number of ether oxygens (including phenoxy) is 2. The molecule has 0 bridgehead atoms. The average Bonchev–Trinajstić information content (AvgIpc) is 2.97. The number of rotatable bonds is 6. The number of halogens is 1. The van der Waals surface area contributed by atoms with Crippen molar-refractivity contribution < 1.29 is 24.2 Å². The second kappa shape index (κ2) is 7.71. The zero-order chi connectivity index (χ0) is 16.1. The molecule has 0 aliphatic carbocycles. The van der Waals surface area contributed by atoms with E-state index in [-0.39, 0.29) is 23.6 Å². The highest BCUT2D eigenvalue weighted by molar-refractivity contribution is 9.10. The van der Waals surface area contributed by atoms with E-state index < -0.39 is 5.97 Å². The summed E-state index contributed by atoms with van der Waals surface area (Å²) in [7, 11) is 0. The van der Waals surface area contributed by atoms with E-state index >= 15 is 0 Å². The Morgan fingerprint density at radius 1 is 1.45 bits per heavy atom. The highest BCUT2D eigenvalue weighted by atomic mass is 79.9. The van der Waals surface area contributed by atoms with Gasteiger partial charge in [-0.25, -0.2) is 4.79 Å². The van der Waals surface area contributed by atoms with Crippen molar-refractivity contribution in [1.82, 2.24) is 5.32 Å². The van der Waals surface area contributed by atoms with Gasteiger partial charge < -0.3 is 19.9 Å². The maximum absolute atomic E-state index is 12.2. The largest absolute Gasteiger partial charge is 0.478 e. The summed E-state index contributed by atoms with van der Waals surface area (Å²) in [6, 6.07) is 4.20. The van der Waals surface area contributed by atoms with Crippen LogP contribution in [0, 0.1) is 0 Å². The number of amides is 1. The first kappa shape index (κ1) is 16.9. The standard InChI is InChI=1S/C15H18BrNO5/c1-9(7-22-13-2-3-21-8-13)17-14(18)10-4-11(15(19)20)6-12(16)5-10/h4-6,9,13H,2-3,7-8H2,1H3,(H,17,18)(H,19,20). The molecule has 2 unspecified atom stereocenters. The predicted octanol–water partition coefficient (Wildman–Crippen LogP) is 2.07. The first-order valence-electron chi connectivity index (χ1n) is 7.00. The fourth-order valence-electron chi connectivity index (χ4n) is 2.12. The predicted molar refractivity (Wildman–Crippen MR) is 83.2 cm³/mol. The van der Waals surface area contributed by atoms with Gasteiger partial charge in [0.15, 0.2) is 0 Å². The smallest absolute Gasteiger partial charge is 0.335 e. The van der Waals surface area contributed by atoms with Crippen LogP contribution in [0.2, 0.25) is 0 Å². The molecule has 0 aromatic heterocycles. The minimum absolute atomic E-state index is 0.0616. The lowest BCUT2D eigenvalue weighted by molar-refractivity contribution is 0.0318. The molecule has 120 valence electrons. The highest BCUT2D eigenvalue weighted by Gasteiger charge is 2.18. The molecule has 2 atom stereocenters. The molecule has 0 saturated carbocycles. The van der Waals surface area contributed by atoms with E-state index in [0.29, 0.717) is 29.9 Å². The summed E-state index contributed by atoms with van der Waals surface area (Å²) in [6.45, 7) is 3.53. The number of nitrogens with one attached hydrogen (secondary N) is 1. The van der Waals surface area contributed by atoms with Crippen LogP contribution >= 0.6 is 15.9 Å². The van der Waals surface area contributed by atoms with Crippen molar-refractivity contribution in [2.45, 2.75) is 25.5 Å². The Bertz CT molecular complexity index is 557. The first-order chi connectivity index (χ1) is 10.5. The fourth-order valence-corrected chi connectivity index (χ4v) is 2.61. The molecular formula is C15H18BrNO5. The van der Waals surface area contributed by atoms with Gasteiger partial charge in [-0.05, 0) is 31.5 Å². The summed E-state index contributed by atoms with van der Waals surface area (Å²) in [5.74, 6) is -1.41. The molecule has 22 heavy (non-hydrogen) atoms. The normalized spacial score (nSPS) is 18.9. The molecule has 7 heteroatoms. The van der Waals surface area contributed by atoms with E-state index in [1.807, 2.05) is 6.92 Å². The van der Waals surface area contributed by atoms with Crippen LogP contribution in [0.15, 0.2) is 22.7 Å². The number of aromatic carboxylic acids is 1. The zero-order valence-electron chi connectivity index (χ0n) is 12.2. The van der Waals surface area contributed by atoms with Crippen LogP contribution in [-0.2, 0) is 9.47 Å². The number of hydrogen-bond donors (Lipinski definition) is 2. The maximum atomic E-state index is 12.2. The van der Waals surface area contributed by atoms with Gasteiger partial charge in [0.2, 0.25) is 0 Å². The van der Waals surface area contributed by atoms with Crippen LogP contribution < -0.4 is 5.32 Å². The number of carboxylic acid groups (broad SMARTS) is 1. The first-order valence-corrected chi connectivity index (χ1v) is 7.79. The molecule has 1 fully saturated rings. The Hall–Kier alpha value is -1.44. The molecule has 1 aromatic rings. The lowest BCUT2D eigenvalue weighted by Crippen LogP contribution is -2.37. The summed E-state index contributed by atoms with van der Waals surface area (Å²) in [6.07, 6.45) is 0.956. The van der Waals surface area contributed by atoms with E-state index in [9.17, 15) is 9.59 Å². The Morgan fingerprint density at radius 2 is 2.18 bits per heavy atom. The van der Waals surface area contributed by atoms with E-state index in [1.54, 1.807) is 6.07 Å². The van der Waals surface area contributed by atoms with Crippen molar-refractivity contribution in [3.8, 4) is 0 Å². The third-order valence-corrected chi connectivity index (χ3v) is 3.71. The number of carboxylic acids is 1. The summed E-state index contributed by atoms with van der Waals surface area (Å²) in [5.41, 5.74) is 0.356. The highest BCUT2D eigenvalue weighted by Crippen LogP contribution is 2.16. The molecule has 1 aliphatic rings. The molecule has 2 N–H and O–H groups in total. The quantitative estimate of drug-likeness (QED) is 0.799.